The Hall–Kier alpha value is -1.80. The lowest BCUT2D eigenvalue weighted by atomic mass is 10.0. The molecule has 18 heavy (non-hydrogen) atoms. The van der Waals surface area contributed by atoms with E-state index in [1.807, 2.05) is 30.3 Å². The summed E-state index contributed by atoms with van der Waals surface area (Å²) in [5, 5.41) is 0. The number of aryl methyl sites for hydroxylation is 1. The SMILES string of the molecule is Cc1cccc([C@H](CCN)Oc2ccccc2)c1. The van der Waals surface area contributed by atoms with Crippen LogP contribution in [0, 0.1) is 6.92 Å². The highest BCUT2D eigenvalue weighted by Gasteiger charge is 2.12. The fraction of sp³-hybridized carbons (Fsp3) is 0.250. The van der Waals surface area contributed by atoms with Crippen molar-refractivity contribution in [1.29, 1.82) is 0 Å². The number of hydrogen-bond acceptors (Lipinski definition) is 2. The molecule has 0 fully saturated rings. The van der Waals surface area contributed by atoms with E-state index in [0.29, 0.717) is 6.54 Å². The van der Waals surface area contributed by atoms with Crippen LogP contribution in [0.3, 0.4) is 0 Å². The quantitative estimate of drug-likeness (QED) is 0.870. The minimum Gasteiger partial charge on any atom is -0.486 e. The summed E-state index contributed by atoms with van der Waals surface area (Å²) in [6, 6.07) is 18.3. The summed E-state index contributed by atoms with van der Waals surface area (Å²) in [6.07, 6.45) is 0.843. The molecular formula is C16H19NO. The molecule has 2 aromatic carbocycles. The Morgan fingerprint density at radius 2 is 1.83 bits per heavy atom. The maximum atomic E-state index is 6.02. The van der Waals surface area contributed by atoms with E-state index >= 15 is 0 Å². The molecule has 2 nitrogen and oxygen atoms in total. The van der Waals surface area contributed by atoms with Gasteiger partial charge in [0, 0.05) is 6.42 Å². The van der Waals surface area contributed by atoms with Crippen molar-refractivity contribution >= 4 is 0 Å². The fourth-order valence-electron chi connectivity index (χ4n) is 1.98. The predicted molar refractivity (Wildman–Crippen MR) is 74.7 cm³/mol. The fourth-order valence-corrected chi connectivity index (χ4v) is 1.98. The second-order valence-corrected chi connectivity index (χ2v) is 4.41. The number of para-hydroxylation sites is 1. The topological polar surface area (TPSA) is 35.2 Å². The zero-order valence-corrected chi connectivity index (χ0v) is 10.7. The monoisotopic (exact) mass is 241 g/mol. The highest BCUT2D eigenvalue weighted by Crippen LogP contribution is 2.24. The van der Waals surface area contributed by atoms with E-state index in [4.69, 9.17) is 10.5 Å². The molecule has 0 saturated heterocycles. The molecule has 2 aromatic rings. The Morgan fingerprint density at radius 1 is 1.06 bits per heavy atom. The van der Waals surface area contributed by atoms with Crippen molar-refractivity contribution in [2.75, 3.05) is 6.54 Å². The van der Waals surface area contributed by atoms with Gasteiger partial charge in [0.1, 0.15) is 11.9 Å². The summed E-state index contributed by atoms with van der Waals surface area (Å²) in [6.45, 7) is 2.71. The molecule has 0 unspecified atom stereocenters. The van der Waals surface area contributed by atoms with Gasteiger partial charge in [-0.05, 0) is 31.2 Å². The third-order valence-corrected chi connectivity index (χ3v) is 2.86. The van der Waals surface area contributed by atoms with Gasteiger partial charge in [0.25, 0.3) is 0 Å². The van der Waals surface area contributed by atoms with Crippen LogP contribution in [0.2, 0.25) is 0 Å². The molecule has 0 radical (unpaired) electrons. The van der Waals surface area contributed by atoms with Gasteiger partial charge in [-0.1, -0.05) is 48.0 Å². The number of nitrogens with two attached hydrogens (primary N) is 1. The minimum atomic E-state index is 0.0253. The first-order valence-corrected chi connectivity index (χ1v) is 6.28. The van der Waals surface area contributed by atoms with Crippen LogP contribution in [-0.4, -0.2) is 6.54 Å². The molecule has 1 atom stereocenters. The van der Waals surface area contributed by atoms with Crippen molar-refractivity contribution in [3.8, 4) is 5.75 Å². The summed E-state index contributed by atoms with van der Waals surface area (Å²) in [5.41, 5.74) is 8.10. The van der Waals surface area contributed by atoms with E-state index in [-0.39, 0.29) is 6.10 Å². The first kappa shape index (κ1) is 12.7. The molecular weight excluding hydrogens is 222 g/mol. The van der Waals surface area contributed by atoms with Crippen molar-refractivity contribution in [2.45, 2.75) is 19.4 Å². The van der Waals surface area contributed by atoms with E-state index in [1.54, 1.807) is 0 Å². The number of ether oxygens (including phenoxy) is 1. The first-order chi connectivity index (χ1) is 8.79. The molecule has 2 rings (SSSR count). The molecule has 0 spiro atoms. The normalized spacial score (nSPS) is 12.1. The van der Waals surface area contributed by atoms with Gasteiger partial charge in [-0.15, -0.1) is 0 Å². The molecule has 0 aromatic heterocycles. The molecule has 2 N–H and O–H groups in total. The van der Waals surface area contributed by atoms with E-state index < -0.39 is 0 Å². The number of benzene rings is 2. The predicted octanol–water partition coefficient (Wildman–Crippen LogP) is 3.46. The average molecular weight is 241 g/mol. The molecule has 94 valence electrons. The molecule has 0 amide bonds. The summed E-state index contributed by atoms with van der Waals surface area (Å²) in [5.74, 6) is 0.887. The minimum absolute atomic E-state index is 0.0253. The Balaban J connectivity index is 2.18. The Bertz CT molecular complexity index is 481. The molecule has 0 aliphatic rings. The standard InChI is InChI=1S/C16H19NO/c1-13-6-5-7-14(12-13)16(10-11-17)18-15-8-3-2-4-9-15/h2-9,12,16H,10-11,17H2,1H3/t16-/m0/s1. The summed E-state index contributed by atoms with van der Waals surface area (Å²) in [4.78, 5) is 0. The van der Waals surface area contributed by atoms with Gasteiger partial charge in [-0.25, -0.2) is 0 Å². The van der Waals surface area contributed by atoms with E-state index in [9.17, 15) is 0 Å². The zero-order valence-electron chi connectivity index (χ0n) is 10.7. The van der Waals surface area contributed by atoms with Gasteiger partial charge >= 0.3 is 0 Å². The first-order valence-electron chi connectivity index (χ1n) is 6.28. The van der Waals surface area contributed by atoms with Crippen LogP contribution in [-0.2, 0) is 0 Å². The van der Waals surface area contributed by atoms with Gasteiger partial charge < -0.3 is 10.5 Å². The number of hydrogen-bond donors (Lipinski definition) is 1. The molecule has 0 heterocycles. The van der Waals surface area contributed by atoms with Crippen molar-refractivity contribution < 1.29 is 4.74 Å². The molecule has 0 saturated carbocycles. The second-order valence-electron chi connectivity index (χ2n) is 4.41. The smallest absolute Gasteiger partial charge is 0.125 e. The van der Waals surface area contributed by atoms with E-state index in [1.165, 1.54) is 11.1 Å². The Labute approximate surface area is 108 Å². The van der Waals surface area contributed by atoms with Gasteiger partial charge in [0.05, 0.1) is 0 Å². The highest BCUT2D eigenvalue weighted by molar-refractivity contribution is 5.27. The van der Waals surface area contributed by atoms with Crippen LogP contribution in [0.25, 0.3) is 0 Å². The summed E-state index contributed by atoms with van der Waals surface area (Å²) < 4.78 is 6.02. The van der Waals surface area contributed by atoms with Crippen molar-refractivity contribution in [3.63, 3.8) is 0 Å². The van der Waals surface area contributed by atoms with Gasteiger partial charge in [0.15, 0.2) is 0 Å². The molecule has 0 aliphatic carbocycles. The second kappa shape index (κ2) is 6.22. The van der Waals surface area contributed by atoms with Crippen molar-refractivity contribution in [3.05, 3.63) is 65.7 Å². The largest absolute Gasteiger partial charge is 0.486 e. The third-order valence-electron chi connectivity index (χ3n) is 2.86. The van der Waals surface area contributed by atoms with E-state index in [2.05, 4.69) is 31.2 Å². The lowest BCUT2D eigenvalue weighted by Gasteiger charge is -2.19. The summed E-state index contributed by atoms with van der Waals surface area (Å²) in [7, 11) is 0. The van der Waals surface area contributed by atoms with Crippen LogP contribution in [0.5, 0.6) is 5.75 Å². The zero-order chi connectivity index (χ0) is 12.8. The maximum absolute atomic E-state index is 6.02. The van der Waals surface area contributed by atoms with Crippen LogP contribution < -0.4 is 10.5 Å². The maximum Gasteiger partial charge on any atom is 0.125 e. The van der Waals surface area contributed by atoms with Crippen LogP contribution in [0.1, 0.15) is 23.7 Å². The van der Waals surface area contributed by atoms with Crippen molar-refractivity contribution in [1.82, 2.24) is 0 Å². The average Bonchev–Trinajstić information content (AvgIpc) is 2.39. The highest BCUT2D eigenvalue weighted by atomic mass is 16.5. The molecule has 0 aliphatic heterocycles. The lowest BCUT2D eigenvalue weighted by molar-refractivity contribution is 0.197. The summed E-state index contributed by atoms with van der Waals surface area (Å²) >= 11 is 0. The number of rotatable bonds is 5. The van der Waals surface area contributed by atoms with Crippen LogP contribution in [0.15, 0.2) is 54.6 Å². The van der Waals surface area contributed by atoms with Crippen LogP contribution in [0.4, 0.5) is 0 Å². The van der Waals surface area contributed by atoms with Crippen molar-refractivity contribution in [2.24, 2.45) is 5.73 Å². The van der Waals surface area contributed by atoms with Gasteiger partial charge in [0.2, 0.25) is 0 Å². The Kier molecular flexibility index (Phi) is 4.37. The van der Waals surface area contributed by atoms with E-state index in [0.717, 1.165) is 12.2 Å². The Morgan fingerprint density at radius 3 is 2.50 bits per heavy atom. The molecule has 2 heteroatoms. The lowest BCUT2D eigenvalue weighted by Crippen LogP contribution is -2.13. The van der Waals surface area contributed by atoms with Crippen LogP contribution >= 0.6 is 0 Å². The van der Waals surface area contributed by atoms with Gasteiger partial charge in [-0.2, -0.15) is 0 Å². The van der Waals surface area contributed by atoms with Gasteiger partial charge in [-0.3, -0.25) is 0 Å². The molecule has 0 bridgehead atoms. The third kappa shape index (κ3) is 3.34.